The number of amides is 1. The molecule has 3 rings (SSSR count). The van der Waals surface area contributed by atoms with Crippen molar-refractivity contribution >= 4 is 11.9 Å². The number of hydrogen-bond donors (Lipinski definition) is 1. The van der Waals surface area contributed by atoms with Gasteiger partial charge in [0.25, 0.3) is 0 Å². The highest BCUT2D eigenvalue weighted by Crippen LogP contribution is 2.17. The lowest BCUT2D eigenvalue weighted by atomic mass is 10.0. The summed E-state index contributed by atoms with van der Waals surface area (Å²) in [5.74, 6) is -0.588. The van der Waals surface area contributed by atoms with E-state index in [4.69, 9.17) is 9.47 Å². The van der Waals surface area contributed by atoms with Gasteiger partial charge in [0, 0.05) is 6.42 Å². The maximum absolute atomic E-state index is 13.0. The van der Waals surface area contributed by atoms with Crippen LogP contribution in [-0.4, -0.2) is 25.0 Å². The van der Waals surface area contributed by atoms with Crippen LogP contribution in [0.1, 0.15) is 16.7 Å². The van der Waals surface area contributed by atoms with E-state index < -0.39 is 12.0 Å². The van der Waals surface area contributed by atoms with Crippen molar-refractivity contribution in [3.8, 4) is 5.75 Å². The number of carbonyl (C=O) groups excluding carboxylic acids is 2. The van der Waals surface area contributed by atoms with Gasteiger partial charge in [-0.3, -0.25) is 4.79 Å². The van der Waals surface area contributed by atoms with Crippen molar-refractivity contribution in [3.05, 3.63) is 101 Å². The highest BCUT2D eigenvalue weighted by atomic mass is 19.1. The molecule has 0 saturated heterocycles. The SMILES string of the molecule is COC(=O)[C@H](Cc1cccc(OCc2ccccc2)c1)NC(=O)Cc1ccc(F)cc1. The first-order valence-electron chi connectivity index (χ1n) is 9.91. The van der Waals surface area contributed by atoms with Gasteiger partial charge in [-0.2, -0.15) is 0 Å². The molecule has 0 saturated carbocycles. The molecular weight excluding hydrogens is 397 g/mol. The Kier molecular flexibility index (Phi) is 7.76. The fraction of sp³-hybridized carbons (Fsp3) is 0.200. The molecule has 6 heteroatoms. The summed E-state index contributed by atoms with van der Waals surface area (Å²) in [6.45, 7) is 0.430. The number of hydrogen-bond acceptors (Lipinski definition) is 4. The van der Waals surface area contributed by atoms with Gasteiger partial charge in [-0.25, -0.2) is 9.18 Å². The molecule has 0 unspecified atom stereocenters. The molecule has 0 aliphatic rings. The second-order valence-electron chi connectivity index (χ2n) is 7.07. The van der Waals surface area contributed by atoms with Crippen LogP contribution in [0.15, 0.2) is 78.9 Å². The first kappa shape index (κ1) is 22.0. The summed E-state index contributed by atoms with van der Waals surface area (Å²) in [6, 6.07) is 22.0. The standard InChI is InChI=1S/C25H24FNO4/c1-30-25(29)23(27-24(28)16-18-10-12-21(26)13-11-18)15-20-8-5-9-22(14-20)31-17-19-6-3-2-4-7-19/h2-14,23H,15-17H2,1H3,(H,27,28)/t23-/m0/s1. The quantitative estimate of drug-likeness (QED) is 0.533. The van der Waals surface area contributed by atoms with Gasteiger partial charge < -0.3 is 14.8 Å². The molecule has 0 heterocycles. The number of methoxy groups -OCH3 is 1. The fourth-order valence-electron chi connectivity index (χ4n) is 3.11. The van der Waals surface area contributed by atoms with Crippen molar-refractivity contribution in [2.45, 2.75) is 25.5 Å². The normalized spacial score (nSPS) is 11.4. The third-order valence-electron chi connectivity index (χ3n) is 4.69. The van der Waals surface area contributed by atoms with E-state index in [-0.39, 0.29) is 24.6 Å². The Hall–Kier alpha value is -3.67. The maximum Gasteiger partial charge on any atom is 0.328 e. The highest BCUT2D eigenvalue weighted by molar-refractivity contribution is 5.85. The van der Waals surface area contributed by atoms with Gasteiger partial charge >= 0.3 is 5.97 Å². The van der Waals surface area contributed by atoms with Crippen molar-refractivity contribution in [2.75, 3.05) is 7.11 Å². The van der Waals surface area contributed by atoms with Crippen LogP contribution in [0.5, 0.6) is 5.75 Å². The second kappa shape index (κ2) is 10.9. The zero-order chi connectivity index (χ0) is 22.1. The van der Waals surface area contributed by atoms with Crippen LogP contribution in [0.25, 0.3) is 0 Å². The Labute approximate surface area is 180 Å². The molecule has 3 aromatic carbocycles. The second-order valence-corrected chi connectivity index (χ2v) is 7.07. The molecule has 0 aliphatic heterocycles. The van der Waals surface area contributed by atoms with Crippen molar-refractivity contribution in [3.63, 3.8) is 0 Å². The summed E-state index contributed by atoms with van der Waals surface area (Å²) >= 11 is 0. The third-order valence-corrected chi connectivity index (χ3v) is 4.69. The van der Waals surface area contributed by atoms with Gasteiger partial charge in [-0.05, 0) is 41.0 Å². The number of benzene rings is 3. The Morgan fingerprint density at radius 3 is 2.32 bits per heavy atom. The first-order valence-corrected chi connectivity index (χ1v) is 9.91. The molecule has 0 spiro atoms. The number of esters is 1. The van der Waals surface area contributed by atoms with Crippen molar-refractivity contribution in [1.29, 1.82) is 0 Å². The molecular formula is C25H24FNO4. The van der Waals surface area contributed by atoms with E-state index in [0.29, 0.717) is 17.9 Å². The van der Waals surface area contributed by atoms with E-state index in [1.165, 1.54) is 31.4 Å². The topological polar surface area (TPSA) is 64.6 Å². The number of halogens is 1. The summed E-state index contributed by atoms with van der Waals surface area (Å²) in [6.07, 6.45) is 0.290. The summed E-state index contributed by atoms with van der Waals surface area (Å²) < 4.78 is 23.7. The predicted octanol–water partition coefficient (Wildman–Crippen LogP) is 3.85. The van der Waals surface area contributed by atoms with E-state index in [9.17, 15) is 14.0 Å². The molecule has 0 aromatic heterocycles. The van der Waals surface area contributed by atoms with Crippen LogP contribution in [0.3, 0.4) is 0 Å². The van der Waals surface area contributed by atoms with E-state index in [1.807, 2.05) is 54.6 Å². The minimum atomic E-state index is -0.845. The molecule has 0 aliphatic carbocycles. The number of ether oxygens (including phenoxy) is 2. The molecule has 0 fully saturated rings. The minimum absolute atomic E-state index is 0.0357. The van der Waals surface area contributed by atoms with Crippen LogP contribution >= 0.6 is 0 Å². The summed E-state index contributed by atoms with van der Waals surface area (Å²) in [5, 5.41) is 2.71. The smallest absolute Gasteiger partial charge is 0.328 e. The molecule has 1 N–H and O–H groups in total. The zero-order valence-electron chi connectivity index (χ0n) is 17.2. The number of rotatable bonds is 9. The Morgan fingerprint density at radius 1 is 0.903 bits per heavy atom. The van der Waals surface area contributed by atoms with Crippen LogP contribution in [-0.2, 0) is 33.8 Å². The number of nitrogens with one attached hydrogen (secondary N) is 1. The average molecular weight is 421 g/mol. The minimum Gasteiger partial charge on any atom is -0.489 e. The largest absolute Gasteiger partial charge is 0.489 e. The summed E-state index contributed by atoms with van der Waals surface area (Å²) in [4.78, 5) is 24.6. The van der Waals surface area contributed by atoms with Crippen LogP contribution < -0.4 is 10.1 Å². The highest BCUT2D eigenvalue weighted by Gasteiger charge is 2.22. The van der Waals surface area contributed by atoms with Crippen LogP contribution in [0.2, 0.25) is 0 Å². The molecule has 5 nitrogen and oxygen atoms in total. The van der Waals surface area contributed by atoms with Crippen LogP contribution in [0, 0.1) is 5.82 Å². The molecule has 1 atom stereocenters. The van der Waals surface area contributed by atoms with E-state index in [0.717, 1.165) is 11.1 Å². The summed E-state index contributed by atoms with van der Waals surface area (Å²) in [5.41, 5.74) is 2.52. The van der Waals surface area contributed by atoms with Gasteiger partial charge in [0.1, 0.15) is 24.2 Å². The van der Waals surface area contributed by atoms with Crippen LogP contribution in [0.4, 0.5) is 4.39 Å². The lowest BCUT2D eigenvalue weighted by Crippen LogP contribution is -2.43. The van der Waals surface area contributed by atoms with Crippen molar-refractivity contribution < 1.29 is 23.5 Å². The van der Waals surface area contributed by atoms with E-state index in [2.05, 4.69) is 5.32 Å². The van der Waals surface area contributed by atoms with Crippen molar-refractivity contribution in [2.24, 2.45) is 0 Å². The zero-order valence-corrected chi connectivity index (χ0v) is 17.2. The molecule has 0 bridgehead atoms. The van der Waals surface area contributed by atoms with Gasteiger partial charge in [-0.1, -0.05) is 54.6 Å². The van der Waals surface area contributed by atoms with Crippen molar-refractivity contribution in [1.82, 2.24) is 5.32 Å². The number of carbonyl (C=O) groups is 2. The van der Waals surface area contributed by atoms with Gasteiger partial charge in [0.05, 0.1) is 13.5 Å². The van der Waals surface area contributed by atoms with Gasteiger partial charge in [0.2, 0.25) is 5.91 Å². The molecule has 3 aromatic rings. The maximum atomic E-state index is 13.0. The van der Waals surface area contributed by atoms with E-state index >= 15 is 0 Å². The Bertz CT molecular complexity index is 1010. The Morgan fingerprint density at radius 2 is 1.61 bits per heavy atom. The molecule has 31 heavy (non-hydrogen) atoms. The Balaban J connectivity index is 1.62. The molecule has 1 amide bonds. The lowest BCUT2D eigenvalue weighted by Gasteiger charge is -2.17. The fourth-order valence-corrected chi connectivity index (χ4v) is 3.11. The predicted molar refractivity (Wildman–Crippen MR) is 115 cm³/mol. The summed E-state index contributed by atoms with van der Waals surface area (Å²) in [7, 11) is 1.28. The lowest BCUT2D eigenvalue weighted by molar-refractivity contribution is -0.145. The first-order chi connectivity index (χ1) is 15.0. The average Bonchev–Trinajstić information content (AvgIpc) is 2.79. The van der Waals surface area contributed by atoms with Gasteiger partial charge in [0.15, 0.2) is 0 Å². The monoisotopic (exact) mass is 421 g/mol. The molecule has 0 radical (unpaired) electrons. The molecule has 160 valence electrons. The van der Waals surface area contributed by atoms with E-state index in [1.54, 1.807) is 0 Å². The van der Waals surface area contributed by atoms with Gasteiger partial charge in [-0.15, -0.1) is 0 Å². The third kappa shape index (κ3) is 6.96.